The van der Waals surface area contributed by atoms with Gasteiger partial charge in [0.05, 0.1) is 0 Å². The van der Waals surface area contributed by atoms with Crippen LogP contribution in [0.15, 0.2) is 41.8 Å². The number of hydrogen-bond donors (Lipinski definition) is 0. The molecule has 1 aromatic carbocycles. The molecule has 0 bridgehead atoms. The first-order valence-corrected chi connectivity index (χ1v) is 9.05. The van der Waals surface area contributed by atoms with Crippen LogP contribution in [0.1, 0.15) is 22.1 Å². The van der Waals surface area contributed by atoms with Gasteiger partial charge >= 0.3 is 0 Å². The molecule has 0 N–H and O–H groups in total. The van der Waals surface area contributed by atoms with Crippen LogP contribution in [0.4, 0.5) is 0 Å². The molecule has 3 rings (SSSR count). The second kappa shape index (κ2) is 7.19. The third kappa shape index (κ3) is 4.33. The van der Waals surface area contributed by atoms with Gasteiger partial charge in [0.15, 0.2) is 11.6 Å². The van der Waals surface area contributed by atoms with Crippen molar-refractivity contribution in [2.75, 3.05) is 0 Å². The summed E-state index contributed by atoms with van der Waals surface area (Å²) in [4.78, 5) is 13.9. The number of thiophene rings is 1. The molecule has 3 nitrogen and oxygen atoms in total. The third-order valence-corrected chi connectivity index (χ3v) is 4.50. The Morgan fingerprint density at radius 3 is 2.33 bits per heavy atom. The molecule has 0 aliphatic carbocycles. The average molecular weight is 397 g/mol. The number of nitrogens with zero attached hydrogens (tertiary/aromatic N) is 3. The lowest BCUT2D eigenvalue weighted by atomic mass is 10.1. The smallest absolute Gasteiger partial charge is 0.214 e. The Labute approximate surface area is 159 Å². The maximum absolute atomic E-state index is 5.88. The minimum atomic E-state index is -1.67. The summed E-state index contributed by atoms with van der Waals surface area (Å²) >= 11 is 19.3. The van der Waals surface area contributed by atoms with Crippen molar-refractivity contribution in [2.45, 2.75) is 10.7 Å². The van der Waals surface area contributed by atoms with E-state index in [-0.39, 0.29) is 5.82 Å². The van der Waals surface area contributed by atoms with Crippen LogP contribution >= 0.6 is 46.1 Å². The Hall–Kier alpha value is -1.46. The van der Waals surface area contributed by atoms with Gasteiger partial charge in [-0.3, -0.25) is 0 Å². The van der Waals surface area contributed by atoms with Crippen molar-refractivity contribution < 1.29 is 0 Å². The van der Waals surface area contributed by atoms with Gasteiger partial charge in [-0.05, 0) is 30.0 Å². The number of hydrogen-bond acceptors (Lipinski definition) is 4. The van der Waals surface area contributed by atoms with Gasteiger partial charge in [-0.1, -0.05) is 71.2 Å². The Morgan fingerprint density at radius 2 is 1.71 bits per heavy atom. The van der Waals surface area contributed by atoms with Gasteiger partial charge in [-0.15, -0.1) is 11.3 Å². The van der Waals surface area contributed by atoms with Gasteiger partial charge in [0.2, 0.25) is 3.79 Å². The fourth-order valence-electron chi connectivity index (χ4n) is 2.05. The Balaban J connectivity index is 1.87. The van der Waals surface area contributed by atoms with Crippen molar-refractivity contribution >= 4 is 58.3 Å². The number of rotatable bonds is 3. The van der Waals surface area contributed by atoms with Crippen LogP contribution in [0, 0.1) is 6.92 Å². The fourth-order valence-corrected chi connectivity index (χ4v) is 2.92. The SMILES string of the molecule is Cc1nc(-c2ccc(C=Cc3cccs3)cc2)nc(C(Cl)(Cl)Cl)n1. The molecule has 2 heterocycles. The maximum atomic E-state index is 5.88. The highest BCUT2D eigenvalue weighted by atomic mass is 35.6. The predicted octanol–water partition coefficient (Wildman–Crippen LogP) is 5.91. The highest BCUT2D eigenvalue weighted by molar-refractivity contribution is 7.10. The Bertz CT molecular complexity index is 854. The van der Waals surface area contributed by atoms with E-state index in [4.69, 9.17) is 34.8 Å². The highest BCUT2D eigenvalue weighted by Crippen LogP contribution is 2.36. The summed E-state index contributed by atoms with van der Waals surface area (Å²) in [6.45, 7) is 1.74. The highest BCUT2D eigenvalue weighted by Gasteiger charge is 2.27. The predicted molar refractivity (Wildman–Crippen MR) is 102 cm³/mol. The Kier molecular flexibility index (Phi) is 5.21. The zero-order chi connectivity index (χ0) is 17.2. The summed E-state index contributed by atoms with van der Waals surface area (Å²) in [6, 6.07) is 12.0. The van der Waals surface area contributed by atoms with Crippen molar-refractivity contribution in [3.63, 3.8) is 0 Å². The van der Waals surface area contributed by atoms with Gasteiger partial charge in [0.25, 0.3) is 0 Å². The van der Waals surface area contributed by atoms with Crippen LogP contribution in [0.3, 0.4) is 0 Å². The van der Waals surface area contributed by atoms with Crippen LogP contribution < -0.4 is 0 Å². The molecule has 0 unspecified atom stereocenters. The lowest BCUT2D eigenvalue weighted by molar-refractivity contribution is 0.884. The second-order valence-corrected chi connectivity index (χ2v) is 8.26. The third-order valence-electron chi connectivity index (χ3n) is 3.15. The summed E-state index contributed by atoms with van der Waals surface area (Å²) in [5, 5.41) is 2.05. The molecule has 24 heavy (non-hydrogen) atoms. The molecular formula is C17H12Cl3N3S. The number of aryl methyl sites for hydroxylation is 1. The van der Waals surface area contributed by atoms with E-state index in [0.717, 1.165) is 11.1 Å². The lowest BCUT2D eigenvalue weighted by Gasteiger charge is -2.11. The van der Waals surface area contributed by atoms with E-state index in [1.54, 1.807) is 18.3 Å². The topological polar surface area (TPSA) is 38.7 Å². The average Bonchev–Trinajstić information content (AvgIpc) is 3.05. The molecule has 0 atom stereocenters. The van der Waals surface area contributed by atoms with Gasteiger partial charge in [-0.25, -0.2) is 15.0 Å². The quantitative estimate of drug-likeness (QED) is 0.517. The van der Waals surface area contributed by atoms with E-state index in [1.807, 2.05) is 35.7 Å². The second-order valence-electron chi connectivity index (χ2n) is 5.00. The zero-order valence-corrected chi connectivity index (χ0v) is 15.7. The normalized spacial score (nSPS) is 12.0. The number of benzene rings is 1. The molecule has 0 radical (unpaired) electrons. The molecule has 122 valence electrons. The van der Waals surface area contributed by atoms with Crippen molar-refractivity contribution in [1.29, 1.82) is 0 Å². The molecule has 0 aliphatic rings. The first-order chi connectivity index (χ1) is 11.4. The lowest BCUT2D eigenvalue weighted by Crippen LogP contribution is -2.10. The molecule has 0 spiro atoms. The van der Waals surface area contributed by atoms with E-state index < -0.39 is 3.79 Å². The number of halogens is 3. The van der Waals surface area contributed by atoms with Crippen LogP contribution in [0.25, 0.3) is 23.5 Å². The minimum absolute atomic E-state index is 0.122. The van der Waals surface area contributed by atoms with Gasteiger partial charge in [0.1, 0.15) is 5.82 Å². The van der Waals surface area contributed by atoms with Crippen molar-refractivity contribution in [3.8, 4) is 11.4 Å². The molecule has 0 amide bonds. The first kappa shape index (κ1) is 17.4. The van der Waals surface area contributed by atoms with Crippen LogP contribution in [-0.2, 0) is 3.79 Å². The largest absolute Gasteiger partial charge is 0.250 e. The molecule has 7 heteroatoms. The maximum Gasteiger partial charge on any atom is 0.250 e. The molecular weight excluding hydrogens is 385 g/mol. The standard InChI is InChI=1S/C17H12Cl3N3S/c1-11-21-15(23-16(22-11)17(18,19)20)13-7-4-12(5-8-13)6-9-14-3-2-10-24-14/h2-10H,1H3. The van der Waals surface area contributed by atoms with Crippen LogP contribution in [0.5, 0.6) is 0 Å². The van der Waals surface area contributed by atoms with E-state index in [9.17, 15) is 0 Å². The van der Waals surface area contributed by atoms with E-state index >= 15 is 0 Å². The molecule has 0 fully saturated rings. The number of alkyl halides is 3. The van der Waals surface area contributed by atoms with E-state index in [2.05, 4.69) is 33.2 Å². The van der Waals surface area contributed by atoms with Gasteiger partial charge in [-0.2, -0.15) is 0 Å². The van der Waals surface area contributed by atoms with Crippen molar-refractivity contribution in [2.24, 2.45) is 0 Å². The van der Waals surface area contributed by atoms with Gasteiger partial charge < -0.3 is 0 Å². The summed E-state index contributed by atoms with van der Waals surface area (Å²) in [5.41, 5.74) is 1.92. The minimum Gasteiger partial charge on any atom is -0.214 e. The van der Waals surface area contributed by atoms with Crippen molar-refractivity contribution in [3.05, 3.63) is 63.9 Å². The van der Waals surface area contributed by atoms with E-state index in [0.29, 0.717) is 11.6 Å². The number of aromatic nitrogens is 3. The summed E-state index contributed by atoms with van der Waals surface area (Å²) in [5.74, 6) is 1.11. The van der Waals surface area contributed by atoms with E-state index in [1.165, 1.54) is 4.88 Å². The molecule has 2 aromatic heterocycles. The molecule has 0 aliphatic heterocycles. The first-order valence-electron chi connectivity index (χ1n) is 7.04. The molecule has 3 aromatic rings. The molecule has 0 saturated carbocycles. The van der Waals surface area contributed by atoms with Crippen LogP contribution in [0.2, 0.25) is 0 Å². The van der Waals surface area contributed by atoms with Gasteiger partial charge in [0, 0.05) is 10.4 Å². The summed E-state index contributed by atoms with van der Waals surface area (Å²) in [6.07, 6.45) is 4.13. The van der Waals surface area contributed by atoms with Crippen LogP contribution in [-0.4, -0.2) is 15.0 Å². The summed E-state index contributed by atoms with van der Waals surface area (Å²) in [7, 11) is 0. The molecule has 0 saturated heterocycles. The Morgan fingerprint density at radius 1 is 0.958 bits per heavy atom. The zero-order valence-electron chi connectivity index (χ0n) is 12.6. The fraction of sp³-hybridized carbons (Fsp3) is 0.118. The van der Waals surface area contributed by atoms with Crippen molar-refractivity contribution in [1.82, 2.24) is 15.0 Å². The summed E-state index contributed by atoms with van der Waals surface area (Å²) < 4.78 is -1.67. The monoisotopic (exact) mass is 395 g/mol.